The highest BCUT2D eigenvalue weighted by Gasteiger charge is 2.22. The van der Waals surface area contributed by atoms with Crippen molar-refractivity contribution in [2.45, 2.75) is 97.4 Å². The highest BCUT2D eigenvalue weighted by Crippen LogP contribution is 2.35. The average molecular weight is 461 g/mol. The summed E-state index contributed by atoms with van der Waals surface area (Å²) in [6, 6.07) is 8.51. The highest BCUT2D eigenvalue weighted by atomic mass is 19.2. The molecule has 0 amide bonds. The zero-order valence-electron chi connectivity index (χ0n) is 20.1. The normalized spacial score (nSPS) is 15.2. The molecule has 0 saturated heterocycles. The third kappa shape index (κ3) is 7.43. The number of ether oxygens (including phenoxy) is 3. The van der Waals surface area contributed by atoms with Gasteiger partial charge in [0.2, 0.25) is 5.82 Å². The van der Waals surface area contributed by atoms with E-state index in [0.717, 1.165) is 43.4 Å². The second-order valence-corrected chi connectivity index (χ2v) is 8.89. The molecule has 0 fully saturated rings. The molecule has 1 heterocycles. The van der Waals surface area contributed by atoms with E-state index < -0.39 is 11.6 Å². The second-order valence-electron chi connectivity index (χ2n) is 8.89. The molecular formula is C28H38F2O3. The van der Waals surface area contributed by atoms with Crippen LogP contribution in [-0.2, 0) is 11.3 Å². The molecule has 0 aliphatic carbocycles. The number of unbranched alkanes of at least 4 members (excludes halogenated alkanes) is 8. The van der Waals surface area contributed by atoms with Gasteiger partial charge >= 0.3 is 0 Å². The van der Waals surface area contributed by atoms with Gasteiger partial charge in [-0.1, -0.05) is 71.3 Å². The number of benzene rings is 2. The minimum absolute atomic E-state index is 0.0295. The summed E-state index contributed by atoms with van der Waals surface area (Å²) < 4.78 is 46.7. The Balaban J connectivity index is 1.57. The van der Waals surface area contributed by atoms with E-state index in [1.165, 1.54) is 44.6 Å². The van der Waals surface area contributed by atoms with Crippen LogP contribution in [0.3, 0.4) is 0 Å². The van der Waals surface area contributed by atoms with Crippen LogP contribution in [0.25, 0.3) is 11.1 Å². The van der Waals surface area contributed by atoms with Gasteiger partial charge < -0.3 is 14.2 Å². The van der Waals surface area contributed by atoms with Crippen molar-refractivity contribution in [3.8, 4) is 22.6 Å². The standard InChI is InChI=1S/C28H38F2O3/c1-3-5-7-9-11-13-26-32-20-22-19-21(14-16-24(22)33-26)23-15-17-25(28(30)27(23)29)31-18-12-10-8-6-4-2/h14-17,19,26H,3-13,18,20H2,1-2H3. The largest absolute Gasteiger partial charge is 0.490 e. The fraction of sp³-hybridized carbons (Fsp3) is 0.571. The fourth-order valence-electron chi connectivity index (χ4n) is 4.14. The lowest BCUT2D eigenvalue weighted by molar-refractivity contribution is -0.112. The van der Waals surface area contributed by atoms with E-state index in [2.05, 4.69) is 13.8 Å². The van der Waals surface area contributed by atoms with Gasteiger partial charge in [0.1, 0.15) is 5.75 Å². The Kier molecular flexibility index (Phi) is 10.5. The van der Waals surface area contributed by atoms with Crippen molar-refractivity contribution < 1.29 is 23.0 Å². The first kappa shape index (κ1) is 25.5. The van der Waals surface area contributed by atoms with E-state index >= 15 is 0 Å². The molecule has 2 aromatic rings. The summed E-state index contributed by atoms with van der Waals surface area (Å²) in [4.78, 5) is 0. The minimum atomic E-state index is -0.936. The van der Waals surface area contributed by atoms with Crippen molar-refractivity contribution in [2.24, 2.45) is 0 Å². The number of rotatable bonds is 14. The van der Waals surface area contributed by atoms with Crippen LogP contribution in [0, 0.1) is 11.6 Å². The molecule has 1 unspecified atom stereocenters. The Labute approximate surface area is 197 Å². The topological polar surface area (TPSA) is 27.7 Å². The molecule has 0 aromatic heterocycles. The van der Waals surface area contributed by atoms with Crippen LogP contribution in [0.5, 0.6) is 11.5 Å². The van der Waals surface area contributed by atoms with E-state index in [1.807, 2.05) is 12.1 Å². The molecule has 3 nitrogen and oxygen atoms in total. The van der Waals surface area contributed by atoms with E-state index in [4.69, 9.17) is 14.2 Å². The molecule has 33 heavy (non-hydrogen) atoms. The molecular weight excluding hydrogens is 422 g/mol. The Bertz CT molecular complexity index is 868. The third-order valence-corrected chi connectivity index (χ3v) is 6.15. The molecule has 1 atom stereocenters. The molecule has 182 valence electrons. The lowest BCUT2D eigenvalue weighted by atomic mass is 10.0. The summed E-state index contributed by atoms with van der Waals surface area (Å²) in [7, 11) is 0. The van der Waals surface area contributed by atoms with E-state index in [0.29, 0.717) is 18.8 Å². The maximum atomic E-state index is 14.8. The molecule has 0 saturated carbocycles. The van der Waals surface area contributed by atoms with Crippen molar-refractivity contribution in [1.29, 1.82) is 0 Å². The smallest absolute Gasteiger partial charge is 0.201 e. The third-order valence-electron chi connectivity index (χ3n) is 6.15. The molecule has 1 aliphatic heterocycles. The van der Waals surface area contributed by atoms with E-state index in [-0.39, 0.29) is 17.6 Å². The van der Waals surface area contributed by atoms with Crippen LogP contribution in [-0.4, -0.2) is 12.9 Å². The Morgan fingerprint density at radius 3 is 2.33 bits per heavy atom. The van der Waals surface area contributed by atoms with Gasteiger partial charge in [-0.3, -0.25) is 0 Å². The lowest BCUT2D eigenvalue weighted by Gasteiger charge is -2.27. The molecule has 0 bridgehead atoms. The zero-order valence-corrected chi connectivity index (χ0v) is 20.1. The Morgan fingerprint density at radius 2 is 1.58 bits per heavy atom. The summed E-state index contributed by atoms with van der Waals surface area (Å²) >= 11 is 0. The molecule has 2 aromatic carbocycles. The molecule has 0 spiro atoms. The maximum absolute atomic E-state index is 14.8. The molecule has 1 aliphatic rings. The monoisotopic (exact) mass is 460 g/mol. The van der Waals surface area contributed by atoms with Crippen molar-refractivity contribution in [3.05, 3.63) is 47.5 Å². The van der Waals surface area contributed by atoms with Crippen LogP contribution in [0.15, 0.2) is 30.3 Å². The summed E-state index contributed by atoms with van der Waals surface area (Å²) in [6.45, 7) is 5.17. The molecule has 0 radical (unpaired) electrons. The van der Waals surface area contributed by atoms with Gasteiger partial charge in [-0.25, -0.2) is 4.39 Å². The number of hydrogen-bond donors (Lipinski definition) is 0. The number of fused-ring (bicyclic) bond motifs is 1. The van der Waals surface area contributed by atoms with Gasteiger partial charge in [0, 0.05) is 17.5 Å². The van der Waals surface area contributed by atoms with E-state index in [9.17, 15) is 8.78 Å². The van der Waals surface area contributed by atoms with Crippen LogP contribution in [0.4, 0.5) is 8.78 Å². The number of hydrogen-bond acceptors (Lipinski definition) is 3. The predicted molar refractivity (Wildman–Crippen MR) is 129 cm³/mol. The summed E-state index contributed by atoms with van der Waals surface area (Å²) in [6.07, 6.45) is 12.0. The van der Waals surface area contributed by atoms with Crippen LogP contribution in [0.1, 0.15) is 90.0 Å². The lowest BCUT2D eigenvalue weighted by Crippen LogP contribution is -2.25. The first-order valence-corrected chi connectivity index (χ1v) is 12.7. The minimum Gasteiger partial charge on any atom is -0.490 e. The first-order chi connectivity index (χ1) is 16.1. The van der Waals surface area contributed by atoms with E-state index in [1.54, 1.807) is 12.1 Å². The van der Waals surface area contributed by atoms with Crippen molar-refractivity contribution in [3.63, 3.8) is 0 Å². The van der Waals surface area contributed by atoms with Gasteiger partial charge in [-0.05, 0) is 42.7 Å². The average Bonchev–Trinajstić information content (AvgIpc) is 2.83. The summed E-state index contributed by atoms with van der Waals surface area (Å²) in [5.74, 6) is -1.10. The number of halogens is 2. The molecule has 0 N–H and O–H groups in total. The van der Waals surface area contributed by atoms with Gasteiger partial charge in [-0.15, -0.1) is 0 Å². The van der Waals surface area contributed by atoms with Crippen molar-refractivity contribution in [2.75, 3.05) is 6.61 Å². The Morgan fingerprint density at radius 1 is 0.848 bits per heavy atom. The van der Waals surface area contributed by atoms with Gasteiger partial charge in [0.15, 0.2) is 17.9 Å². The molecule has 5 heteroatoms. The van der Waals surface area contributed by atoms with Crippen molar-refractivity contribution >= 4 is 0 Å². The highest BCUT2D eigenvalue weighted by molar-refractivity contribution is 5.67. The quantitative estimate of drug-likeness (QED) is 0.264. The SMILES string of the molecule is CCCCCCCOc1ccc(-c2ccc3c(c2)COC(CCCCCCC)O3)c(F)c1F. The van der Waals surface area contributed by atoms with Crippen LogP contribution in [0.2, 0.25) is 0 Å². The fourth-order valence-corrected chi connectivity index (χ4v) is 4.14. The predicted octanol–water partition coefficient (Wildman–Crippen LogP) is 8.58. The molecule has 3 rings (SSSR count). The maximum Gasteiger partial charge on any atom is 0.201 e. The van der Waals surface area contributed by atoms with Gasteiger partial charge in [-0.2, -0.15) is 4.39 Å². The van der Waals surface area contributed by atoms with Gasteiger partial charge in [0.25, 0.3) is 0 Å². The Hall–Kier alpha value is -2.14. The summed E-state index contributed by atoms with van der Waals surface area (Å²) in [5, 5.41) is 0. The second kappa shape index (κ2) is 13.5. The van der Waals surface area contributed by atoms with Crippen LogP contribution < -0.4 is 9.47 Å². The van der Waals surface area contributed by atoms with Gasteiger partial charge in [0.05, 0.1) is 13.2 Å². The first-order valence-electron chi connectivity index (χ1n) is 12.7. The zero-order chi connectivity index (χ0) is 23.5. The van der Waals surface area contributed by atoms with Crippen molar-refractivity contribution in [1.82, 2.24) is 0 Å². The summed E-state index contributed by atoms with van der Waals surface area (Å²) in [5.41, 5.74) is 1.66. The van der Waals surface area contributed by atoms with Crippen LogP contribution >= 0.6 is 0 Å².